The Bertz CT molecular complexity index is 357. The molecule has 0 spiro atoms. The van der Waals surface area contributed by atoms with Gasteiger partial charge in [0.15, 0.2) is 6.29 Å². The Morgan fingerprint density at radius 2 is 1.62 bits per heavy atom. The van der Waals surface area contributed by atoms with Gasteiger partial charge in [0.2, 0.25) is 5.91 Å². The van der Waals surface area contributed by atoms with E-state index in [-0.39, 0.29) is 5.91 Å². The molecular formula is C15H30N2O7. The number of nitrogens with two attached hydrogens (primary N) is 1. The molecule has 9 heteroatoms. The number of amides is 1. The van der Waals surface area contributed by atoms with Crippen molar-refractivity contribution < 1.29 is 34.7 Å². The van der Waals surface area contributed by atoms with Gasteiger partial charge in [-0.15, -0.1) is 0 Å². The van der Waals surface area contributed by atoms with Gasteiger partial charge in [0.25, 0.3) is 0 Å². The number of carbonyl (C=O) groups is 1. The molecule has 142 valence electrons. The van der Waals surface area contributed by atoms with Gasteiger partial charge in [-0.25, -0.2) is 5.84 Å². The lowest BCUT2D eigenvalue weighted by Gasteiger charge is -2.39. The van der Waals surface area contributed by atoms with E-state index in [4.69, 9.17) is 20.4 Å². The Hall–Kier alpha value is -0.810. The van der Waals surface area contributed by atoms with E-state index in [1.807, 2.05) is 0 Å². The average Bonchev–Trinajstić information content (AvgIpc) is 2.59. The minimum Gasteiger partial charge on any atom is -0.394 e. The maximum Gasteiger partial charge on any atom is 0.233 e. The fraction of sp³-hybridized carbons (Fsp3) is 0.933. The van der Waals surface area contributed by atoms with Crippen LogP contribution in [0.1, 0.15) is 44.9 Å². The van der Waals surface area contributed by atoms with Gasteiger partial charge >= 0.3 is 0 Å². The monoisotopic (exact) mass is 350 g/mol. The normalized spacial score (nSPS) is 30.3. The molecule has 0 bridgehead atoms. The van der Waals surface area contributed by atoms with Crippen LogP contribution in [0.4, 0.5) is 0 Å². The summed E-state index contributed by atoms with van der Waals surface area (Å²) >= 11 is 0. The number of carbonyl (C=O) groups excluding carboxylic acids is 1. The maximum absolute atomic E-state index is 10.9. The number of aliphatic hydroxyl groups is 4. The summed E-state index contributed by atoms with van der Waals surface area (Å²) in [5.41, 5.74) is 2.09. The van der Waals surface area contributed by atoms with Gasteiger partial charge in [0.05, 0.1) is 6.61 Å². The molecule has 24 heavy (non-hydrogen) atoms. The first-order chi connectivity index (χ1) is 11.5. The zero-order valence-corrected chi connectivity index (χ0v) is 13.8. The first-order valence-electron chi connectivity index (χ1n) is 8.42. The van der Waals surface area contributed by atoms with Gasteiger partial charge in [-0.2, -0.15) is 0 Å². The highest BCUT2D eigenvalue weighted by molar-refractivity contribution is 5.74. The molecule has 0 aromatic rings. The summed E-state index contributed by atoms with van der Waals surface area (Å²) in [6.07, 6.45) is -0.218. The standard InChI is InChI=1S/C15H30N2O7/c16-17-11(19)7-5-3-1-2-4-6-8-23-15-14(22)13(21)12(20)10(9-18)24-15/h10,12-15,18,20-22H,1-9,16H2,(H,17,19). The lowest BCUT2D eigenvalue weighted by molar-refractivity contribution is -0.301. The second-order valence-electron chi connectivity index (χ2n) is 6.01. The van der Waals surface area contributed by atoms with Crippen LogP contribution in [0.5, 0.6) is 0 Å². The molecule has 1 aliphatic heterocycles. The van der Waals surface area contributed by atoms with E-state index < -0.39 is 37.3 Å². The molecule has 0 aromatic carbocycles. The van der Waals surface area contributed by atoms with Crippen molar-refractivity contribution in [3.8, 4) is 0 Å². The largest absolute Gasteiger partial charge is 0.394 e. The van der Waals surface area contributed by atoms with Gasteiger partial charge in [0.1, 0.15) is 24.4 Å². The molecule has 9 nitrogen and oxygen atoms in total. The first-order valence-corrected chi connectivity index (χ1v) is 8.42. The summed E-state index contributed by atoms with van der Waals surface area (Å²) in [5.74, 6) is 4.84. The van der Waals surface area contributed by atoms with Gasteiger partial charge in [0, 0.05) is 13.0 Å². The fourth-order valence-corrected chi connectivity index (χ4v) is 2.57. The predicted octanol–water partition coefficient (Wildman–Crippen LogP) is -1.48. The summed E-state index contributed by atoms with van der Waals surface area (Å²) in [6.45, 7) is -0.120. The van der Waals surface area contributed by atoms with Crippen molar-refractivity contribution in [2.75, 3.05) is 13.2 Å². The maximum atomic E-state index is 10.9. The molecule has 1 amide bonds. The van der Waals surface area contributed by atoms with Crippen LogP contribution in [0, 0.1) is 0 Å². The molecule has 0 radical (unpaired) electrons. The lowest BCUT2D eigenvalue weighted by Crippen LogP contribution is -2.59. The number of hydrogen-bond donors (Lipinski definition) is 6. The Labute approximate surface area is 141 Å². The number of unbranched alkanes of at least 4 members (excludes halogenated alkanes) is 5. The number of hydrogen-bond acceptors (Lipinski definition) is 8. The minimum atomic E-state index is -1.41. The quantitative estimate of drug-likeness (QED) is 0.114. The van der Waals surface area contributed by atoms with Crippen LogP contribution < -0.4 is 11.3 Å². The minimum absolute atomic E-state index is 0.150. The van der Waals surface area contributed by atoms with Gasteiger partial charge in [-0.05, 0) is 12.8 Å². The van der Waals surface area contributed by atoms with Crippen LogP contribution in [0.3, 0.4) is 0 Å². The summed E-state index contributed by atoms with van der Waals surface area (Å²) in [6, 6.07) is 0. The van der Waals surface area contributed by atoms with E-state index in [1.54, 1.807) is 0 Å². The van der Waals surface area contributed by atoms with Crippen molar-refractivity contribution in [3.63, 3.8) is 0 Å². The third-order valence-electron chi connectivity index (χ3n) is 4.09. The molecule has 1 aliphatic rings. The molecule has 0 aromatic heterocycles. The zero-order valence-electron chi connectivity index (χ0n) is 13.8. The van der Waals surface area contributed by atoms with Crippen LogP contribution in [-0.2, 0) is 14.3 Å². The molecule has 7 N–H and O–H groups in total. The first kappa shape index (κ1) is 21.2. The van der Waals surface area contributed by atoms with E-state index in [0.717, 1.165) is 38.5 Å². The molecule has 0 aliphatic carbocycles. The van der Waals surface area contributed by atoms with E-state index in [9.17, 15) is 20.1 Å². The van der Waals surface area contributed by atoms with Crippen molar-refractivity contribution in [1.29, 1.82) is 0 Å². The Morgan fingerprint density at radius 1 is 1.00 bits per heavy atom. The highest BCUT2D eigenvalue weighted by Gasteiger charge is 2.43. The van der Waals surface area contributed by atoms with E-state index in [2.05, 4.69) is 5.43 Å². The number of hydrazine groups is 1. The van der Waals surface area contributed by atoms with Crippen LogP contribution in [-0.4, -0.2) is 70.3 Å². The summed E-state index contributed by atoms with van der Waals surface area (Å²) in [5, 5.41) is 38.2. The third kappa shape index (κ3) is 6.98. The molecule has 5 unspecified atom stereocenters. The number of ether oxygens (including phenoxy) is 2. The summed E-state index contributed by atoms with van der Waals surface area (Å²) < 4.78 is 10.6. The zero-order chi connectivity index (χ0) is 17.9. The molecule has 1 rings (SSSR count). The Morgan fingerprint density at radius 3 is 2.25 bits per heavy atom. The summed E-state index contributed by atoms with van der Waals surface area (Å²) in [7, 11) is 0. The van der Waals surface area contributed by atoms with Gasteiger partial charge in [-0.3, -0.25) is 10.2 Å². The van der Waals surface area contributed by atoms with Crippen molar-refractivity contribution in [1.82, 2.24) is 5.43 Å². The van der Waals surface area contributed by atoms with Crippen molar-refractivity contribution in [3.05, 3.63) is 0 Å². The van der Waals surface area contributed by atoms with Crippen LogP contribution >= 0.6 is 0 Å². The van der Waals surface area contributed by atoms with Crippen LogP contribution in [0.15, 0.2) is 0 Å². The fourth-order valence-electron chi connectivity index (χ4n) is 2.57. The molecule has 1 fully saturated rings. The van der Waals surface area contributed by atoms with Gasteiger partial charge in [-0.1, -0.05) is 25.7 Å². The lowest BCUT2D eigenvalue weighted by atomic mass is 9.99. The van der Waals surface area contributed by atoms with E-state index in [1.165, 1.54) is 0 Å². The van der Waals surface area contributed by atoms with Crippen molar-refractivity contribution in [2.24, 2.45) is 5.84 Å². The highest BCUT2D eigenvalue weighted by atomic mass is 16.7. The molecule has 5 atom stereocenters. The van der Waals surface area contributed by atoms with Crippen molar-refractivity contribution >= 4 is 5.91 Å². The smallest absolute Gasteiger partial charge is 0.233 e. The topological polar surface area (TPSA) is 154 Å². The second kappa shape index (κ2) is 11.7. The molecule has 1 heterocycles. The Balaban J connectivity index is 2.07. The number of nitrogens with one attached hydrogen (secondary N) is 1. The average molecular weight is 350 g/mol. The van der Waals surface area contributed by atoms with Crippen molar-refractivity contribution in [2.45, 2.75) is 75.7 Å². The number of rotatable bonds is 11. The van der Waals surface area contributed by atoms with Crippen LogP contribution in [0.2, 0.25) is 0 Å². The van der Waals surface area contributed by atoms with E-state index >= 15 is 0 Å². The predicted molar refractivity (Wildman–Crippen MR) is 84.4 cm³/mol. The van der Waals surface area contributed by atoms with E-state index in [0.29, 0.717) is 13.0 Å². The molecule has 0 saturated carbocycles. The number of aliphatic hydroxyl groups excluding tert-OH is 4. The van der Waals surface area contributed by atoms with Gasteiger partial charge < -0.3 is 29.9 Å². The third-order valence-corrected chi connectivity index (χ3v) is 4.09. The Kier molecular flexibility index (Phi) is 10.3. The molecule has 1 saturated heterocycles. The SMILES string of the molecule is NNC(=O)CCCCCCCCOC1OC(CO)C(O)C(O)C1O. The molecular weight excluding hydrogens is 320 g/mol. The van der Waals surface area contributed by atoms with Crippen LogP contribution in [0.25, 0.3) is 0 Å². The summed E-state index contributed by atoms with van der Waals surface area (Å²) in [4.78, 5) is 10.9. The second-order valence-corrected chi connectivity index (χ2v) is 6.01. The highest BCUT2D eigenvalue weighted by Crippen LogP contribution is 2.22.